The minimum atomic E-state index is -1.06. The molecule has 0 fully saturated rings. The Hall–Kier alpha value is -2.63. The van der Waals surface area contributed by atoms with Crippen LogP contribution in [0.4, 0.5) is 0 Å². The first-order valence-electron chi connectivity index (χ1n) is 6.59. The summed E-state index contributed by atoms with van der Waals surface area (Å²) in [4.78, 5) is 23.2. The Kier molecular flexibility index (Phi) is 4.71. The lowest BCUT2D eigenvalue weighted by Crippen LogP contribution is -2.43. The van der Waals surface area contributed by atoms with Gasteiger partial charge in [0.05, 0.1) is 6.42 Å². The van der Waals surface area contributed by atoms with E-state index in [1.807, 2.05) is 30.3 Å². The van der Waals surface area contributed by atoms with Crippen LogP contribution in [-0.4, -0.2) is 32.8 Å². The maximum Gasteiger partial charge on any atom is 0.326 e. The molecule has 6 heteroatoms. The van der Waals surface area contributed by atoms with E-state index in [-0.39, 0.29) is 18.7 Å². The Bertz CT molecular complexity index is 622. The molecule has 0 saturated heterocycles. The van der Waals surface area contributed by atoms with E-state index >= 15 is 0 Å². The highest BCUT2D eigenvalue weighted by Gasteiger charge is 2.21. The topological polar surface area (TPSA) is 84.2 Å². The minimum absolute atomic E-state index is 0.163. The van der Waals surface area contributed by atoms with Crippen molar-refractivity contribution in [3.05, 3.63) is 53.9 Å². The van der Waals surface area contributed by atoms with Gasteiger partial charge in [0.1, 0.15) is 6.04 Å². The van der Waals surface area contributed by atoms with Gasteiger partial charge in [0, 0.05) is 25.4 Å². The van der Waals surface area contributed by atoms with Gasteiger partial charge in [0.25, 0.3) is 0 Å². The molecule has 21 heavy (non-hydrogen) atoms. The van der Waals surface area contributed by atoms with Gasteiger partial charge in [-0.3, -0.25) is 9.48 Å². The van der Waals surface area contributed by atoms with Crippen LogP contribution in [0.5, 0.6) is 0 Å². The highest BCUT2D eigenvalue weighted by atomic mass is 16.4. The van der Waals surface area contributed by atoms with Gasteiger partial charge < -0.3 is 10.4 Å². The minimum Gasteiger partial charge on any atom is -0.480 e. The van der Waals surface area contributed by atoms with Gasteiger partial charge in [0.15, 0.2) is 0 Å². The zero-order chi connectivity index (χ0) is 15.2. The number of carboxylic acid groups (broad SMARTS) is 1. The fourth-order valence-electron chi connectivity index (χ4n) is 2.04. The third kappa shape index (κ3) is 4.17. The number of carbonyl (C=O) groups excluding carboxylic acids is 1. The number of hydrogen-bond acceptors (Lipinski definition) is 3. The predicted molar refractivity (Wildman–Crippen MR) is 76.6 cm³/mol. The van der Waals surface area contributed by atoms with Gasteiger partial charge >= 0.3 is 5.97 Å². The van der Waals surface area contributed by atoms with Crippen LogP contribution in [0.3, 0.4) is 0 Å². The summed E-state index contributed by atoms with van der Waals surface area (Å²) in [6, 6.07) is 9.98. The summed E-state index contributed by atoms with van der Waals surface area (Å²) in [6.07, 6.45) is 1.96. The molecule has 0 aliphatic carbocycles. The number of nitrogens with one attached hydrogen (secondary N) is 1. The fraction of sp³-hybridized carbons (Fsp3) is 0.267. The lowest BCUT2D eigenvalue weighted by molar-refractivity contribution is -0.141. The molecule has 0 aliphatic heterocycles. The van der Waals surface area contributed by atoms with Crippen LogP contribution in [0.15, 0.2) is 42.6 Å². The van der Waals surface area contributed by atoms with E-state index in [2.05, 4.69) is 10.4 Å². The van der Waals surface area contributed by atoms with Crippen molar-refractivity contribution in [1.29, 1.82) is 0 Å². The monoisotopic (exact) mass is 287 g/mol. The number of carbonyl (C=O) groups is 2. The smallest absolute Gasteiger partial charge is 0.326 e. The highest BCUT2D eigenvalue weighted by Crippen LogP contribution is 2.04. The lowest BCUT2D eigenvalue weighted by Gasteiger charge is -2.14. The van der Waals surface area contributed by atoms with Gasteiger partial charge in [-0.05, 0) is 11.6 Å². The number of aliphatic carboxylic acids is 1. The number of aryl methyl sites for hydroxylation is 1. The zero-order valence-corrected chi connectivity index (χ0v) is 11.7. The van der Waals surface area contributed by atoms with Crippen molar-refractivity contribution in [1.82, 2.24) is 15.1 Å². The van der Waals surface area contributed by atoms with Gasteiger partial charge in [-0.2, -0.15) is 5.10 Å². The van der Waals surface area contributed by atoms with Crippen LogP contribution in [0.1, 0.15) is 11.3 Å². The lowest BCUT2D eigenvalue weighted by atomic mass is 10.1. The Morgan fingerprint density at radius 2 is 2.00 bits per heavy atom. The molecule has 0 bridgehead atoms. The van der Waals surface area contributed by atoms with Crippen molar-refractivity contribution in [2.24, 2.45) is 7.05 Å². The summed E-state index contributed by atoms with van der Waals surface area (Å²) in [5.74, 6) is -1.37. The molecule has 0 saturated carbocycles. The van der Waals surface area contributed by atoms with E-state index in [1.54, 1.807) is 24.0 Å². The molecule has 0 aliphatic rings. The molecule has 1 heterocycles. The summed E-state index contributed by atoms with van der Waals surface area (Å²) in [5, 5.41) is 15.8. The summed E-state index contributed by atoms with van der Waals surface area (Å²) >= 11 is 0. The molecule has 110 valence electrons. The van der Waals surface area contributed by atoms with Crippen LogP contribution in [0.25, 0.3) is 0 Å². The molecule has 0 radical (unpaired) electrons. The van der Waals surface area contributed by atoms with Gasteiger partial charge in [-0.1, -0.05) is 30.3 Å². The van der Waals surface area contributed by atoms with Crippen LogP contribution >= 0.6 is 0 Å². The van der Waals surface area contributed by atoms with E-state index in [4.69, 9.17) is 0 Å². The van der Waals surface area contributed by atoms with E-state index in [0.717, 1.165) is 11.3 Å². The molecule has 6 nitrogen and oxygen atoms in total. The fourth-order valence-corrected chi connectivity index (χ4v) is 2.04. The number of benzene rings is 1. The van der Waals surface area contributed by atoms with Crippen molar-refractivity contribution in [2.75, 3.05) is 0 Å². The van der Waals surface area contributed by atoms with E-state index in [9.17, 15) is 14.7 Å². The van der Waals surface area contributed by atoms with E-state index in [0.29, 0.717) is 0 Å². The van der Waals surface area contributed by atoms with Crippen molar-refractivity contribution in [3.63, 3.8) is 0 Å². The Morgan fingerprint density at radius 1 is 1.29 bits per heavy atom. The van der Waals surface area contributed by atoms with Crippen LogP contribution in [-0.2, 0) is 29.5 Å². The third-order valence-corrected chi connectivity index (χ3v) is 3.18. The van der Waals surface area contributed by atoms with Crippen LogP contribution in [0, 0.1) is 0 Å². The average Bonchev–Trinajstić information content (AvgIpc) is 2.84. The summed E-state index contributed by atoms with van der Waals surface area (Å²) in [6.45, 7) is 0. The molecular weight excluding hydrogens is 270 g/mol. The van der Waals surface area contributed by atoms with Crippen molar-refractivity contribution >= 4 is 11.9 Å². The summed E-state index contributed by atoms with van der Waals surface area (Å²) in [7, 11) is 1.74. The second kappa shape index (κ2) is 6.69. The molecular formula is C15H17N3O3. The Labute approximate surface area is 122 Å². The van der Waals surface area contributed by atoms with Gasteiger partial charge in [-0.25, -0.2) is 4.79 Å². The predicted octanol–water partition coefficient (Wildman–Crippen LogP) is 0.775. The quantitative estimate of drug-likeness (QED) is 0.822. The highest BCUT2D eigenvalue weighted by molar-refractivity contribution is 5.85. The summed E-state index contributed by atoms with van der Waals surface area (Å²) < 4.78 is 1.60. The number of carboxylic acids is 1. The first-order valence-corrected chi connectivity index (χ1v) is 6.59. The van der Waals surface area contributed by atoms with E-state index < -0.39 is 12.0 Å². The number of aromatic nitrogens is 2. The first kappa shape index (κ1) is 14.8. The maximum atomic E-state index is 11.9. The molecule has 0 spiro atoms. The number of hydrogen-bond donors (Lipinski definition) is 2. The molecule has 1 aromatic heterocycles. The first-order chi connectivity index (χ1) is 10.1. The second-order valence-corrected chi connectivity index (χ2v) is 4.77. The van der Waals surface area contributed by atoms with E-state index in [1.165, 1.54) is 0 Å². The van der Waals surface area contributed by atoms with Crippen molar-refractivity contribution in [3.8, 4) is 0 Å². The third-order valence-electron chi connectivity index (χ3n) is 3.18. The van der Waals surface area contributed by atoms with Crippen molar-refractivity contribution in [2.45, 2.75) is 18.9 Å². The average molecular weight is 287 g/mol. The Morgan fingerprint density at radius 3 is 2.57 bits per heavy atom. The molecule has 2 aromatic rings. The number of nitrogens with zero attached hydrogens (tertiary/aromatic N) is 2. The van der Waals surface area contributed by atoms with Crippen LogP contribution < -0.4 is 5.32 Å². The molecule has 1 unspecified atom stereocenters. The largest absolute Gasteiger partial charge is 0.480 e. The molecule has 2 N–H and O–H groups in total. The summed E-state index contributed by atoms with van der Waals surface area (Å²) in [5.41, 5.74) is 1.60. The van der Waals surface area contributed by atoms with Gasteiger partial charge in [0.2, 0.25) is 5.91 Å². The Balaban J connectivity index is 1.98. The standard InChI is InChI=1S/C15H17N3O3/c1-18-12(7-8-16-18)10-13(15(20)21)17-14(19)9-11-5-3-2-4-6-11/h2-8,13H,9-10H2,1H3,(H,17,19)(H,20,21). The molecule has 1 amide bonds. The molecule has 2 rings (SSSR count). The number of rotatable bonds is 6. The van der Waals surface area contributed by atoms with Crippen molar-refractivity contribution < 1.29 is 14.7 Å². The maximum absolute atomic E-state index is 11.9. The molecule has 1 aromatic carbocycles. The van der Waals surface area contributed by atoms with Gasteiger partial charge in [-0.15, -0.1) is 0 Å². The normalized spacial score (nSPS) is 11.9. The number of amides is 1. The van der Waals surface area contributed by atoms with Crippen LogP contribution in [0.2, 0.25) is 0 Å². The SMILES string of the molecule is Cn1nccc1CC(NC(=O)Cc1ccccc1)C(=O)O. The second-order valence-electron chi connectivity index (χ2n) is 4.77. The zero-order valence-electron chi connectivity index (χ0n) is 11.7. The molecule has 1 atom stereocenters.